The second-order valence-electron chi connectivity index (χ2n) is 3.56. The molecule has 0 aliphatic rings. The molecule has 0 amide bonds. The molecule has 5 heteroatoms. The number of aromatic nitrogens is 1. The van der Waals surface area contributed by atoms with Crippen molar-refractivity contribution in [2.75, 3.05) is 11.9 Å². The molecule has 0 aliphatic heterocycles. The van der Waals surface area contributed by atoms with E-state index in [0.717, 1.165) is 10.8 Å². The fourth-order valence-electron chi connectivity index (χ4n) is 1.41. The van der Waals surface area contributed by atoms with Crippen molar-refractivity contribution < 1.29 is 0 Å². The van der Waals surface area contributed by atoms with Crippen LogP contribution in [-0.4, -0.2) is 12.0 Å². The van der Waals surface area contributed by atoms with Gasteiger partial charge in [0.15, 0.2) is 5.13 Å². The van der Waals surface area contributed by atoms with Crippen molar-refractivity contribution >= 4 is 39.4 Å². The van der Waals surface area contributed by atoms with Gasteiger partial charge in [-0.3, -0.25) is 0 Å². The van der Waals surface area contributed by atoms with Crippen LogP contribution in [0.3, 0.4) is 0 Å². The quantitative estimate of drug-likeness (QED) is 0.778. The maximum absolute atomic E-state index is 5.75. The fourth-order valence-corrected chi connectivity index (χ4v) is 3.33. The number of hydrogen-bond acceptors (Lipinski definition) is 4. The van der Waals surface area contributed by atoms with Crippen molar-refractivity contribution in [2.45, 2.75) is 18.8 Å². The van der Waals surface area contributed by atoms with Crippen LogP contribution in [0.5, 0.6) is 0 Å². The topological polar surface area (TPSA) is 16.1 Å². The predicted molar refractivity (Wildman–Crippen MR) is 72.8 cm³/mol. The molecule has 1 atom stereocenters. The number of hydrogen-bond donors (Lipinski definition) is 0. The minimum absolute atomic E-state index is 0.356. The van der Waals surface area contributed by atoms with Crippen molar-refractivity contribution in [2.24, 2.45) is 0 Å². The first kappa shape index (κ1) is 11.9. The molecule has 1 unspecified atom stereocenters. The van der Waals surface area contributed by atoms with Crippen molar-refractivity contribution in [1.29, 1.82) is 0 Å². The summed E-state index contributed by atoms with van der Waals surface area (Å²) in [6.45, 7) is 2.19. The third-order valence-electron chi connectivity index (χ3n) is 2.51. The molecule has 16 heavy (non-hydrogen) atoms. The lowest BCUT2D eigenvalue weighted by atomic mass is 10.2. The Morgan fingerprint density at radius 2 is 2.31 bits per heavy atom. The van der Waals surface area contributed by atoms with Gasteiger partial charge in [0, 0.05) is 17.3 Å². The van der Waals surface area contributed by atoms with Crippen LogP contribution in [0.25, 0.3) is 0 Å². The number of alkyl halides is 1. The SMILES string of the molecule is CC(c1cccs1)N(C)c1nc(CCl)cs1. The van der Waals surface area contributed by atoms with Gasteiger partial charge in [-0.2, -0.15) is 0 Å². The molecule has 0 radical (unpaired) electrons. The van der Waals surface area contributed by atoms with Crippen LogP contribution in [0.15, 0.2) is 22.9 Å². The first-order valence-electron chi connectivity index (χ1n) is 4.99. The van der Waals surface area contributed by atoms with Gasteiger partial charge in [-0.1, -0.05) is 6.07 Å². The highest BCUT2D eigenvalue weighted by atomic mass is 35.5. The largest absolute Gasteiger partial charge is 0.344 e. The molecule has 0 spiro atoms. The summed E-state index contributed by atoms with van der Waals surface area (Å²) in [5, 5.41) is 5.14. The second-order valence-corrected chi connectivity index (χ2v) is 5.64. The Morgan fingerprint density at radius 3 is 2.88 bits per heavy atom. The first-order valence-corrected chi connectivity index (χ1v) is 7.28. The normalized spacial score (nSPS) is 12.7. The molecule has 0 saturated heterocycles. The summed E-state index contributed by atoms with van der Waals surface area (Å²) in [7, 11) is 2.07. The van der Waals surface area contributed by atoms with E-state index in [-0.39, 0.29) is 0 Å². The summed E-state index contributed by atoms with van der Waals surface area (Å²) in [4.78, 5) is 8.02. The van der Waals surface area contributed by atoms with E-state index in [1.165, 1.54) is 4.88 Å². The van der Waals surface area contributed by atoms with Crippen molar-refractivity contribution in [3.05, 3.63) is 33.5 Å². The van der Waals surface area contributed by atoms with Crippen molar-refractivity contribution in [3.8, 4) is 0 Å². The Labute approximate surface area is 109 Å². The summed E-state index contributed by atoms with van der Waals surface area (Å²) in [6, 6.07) is 4.59. The lowest BCUT2D eigenvalue weighted by molar-refractivity contribution is 0.749. The summed E-state index contributed by atoms with van der Waals surface area (Å²) in [5.41, 5.74) is 0.951. The molecule has 2 aromatic heterocycles. The molecule has 2 rings (SSSR count). The molecule has 0 saturated carbocycles. The van der Waals surface area contributed by atoms with Gasteiger partial charge in [-0.15, -0.1) is 34.3 Å². The van der Waals surface area contributed by atoms with Crippen molar-refractivity contribution in [1.82, 2.24) is 4.98 Å². The van der Waals surface area contributed by atoms with E-state index in [4.69, 9.17) is 11.6 Å². The number of anilines is 1. The second kappa shape index (κ2) is 5.17. The average Bonchev–Trinajstić information content (AvgIpc) is 2.97. The van der Waals surface area contributed by atoms with Gasteiger partial charge in [0.1, 0.15) is 0 Å². The van der Waals surface area contributed by atoms with E-state index in [1.807, 2.05) is 5.38 Å². The summed E-state index contributed by atoms with van der Waals surface area (Å²) in [5.74, 6) is 0.484. The predicted octanol–water partition coefficient (Wildman–Crippen LogP) is 4.14. The van der Waals surface area contributed by atoms with Gasteiger partial charge in [0.05, 0.1) is 17.6 Å². The maximum Gasteiger partial charge on any atom is 0.185 e. The summed E-state index contributed by atoms with van der Waals surface area (Å²) >= 11 is 9.17. The van der Waals surface area contributed by atoms with E-state index in [9.17, 15) is 0 Å². The standard InChI is InChI=1S/C11H13ClN2S2/c1-8(10-4-3-5-15-10)14(2)11-13-9(6-12)7-16-11/h3-5,7-8H,6H2,1-2H3. The highest BCUT2D eigenvalue weighted by molar-refractivity contribution is 7.13. The zero-order valence-corrected chi connectivity index (χ0v) is 11.6. The minimum Gasteiger partial charge on any atom is -0.344 e. The van der Waals surface area contributed by atoms with E-state index >= 15 is 0 Å². The number of rotatable bonds is 4. The Morgan fingerprint density at radius 1 is 1.50 bits per heavy atom. The molecule has 2 aromatic rings. The van der Waals surface area contributed by atoms with Crippen LogP contribution < -0.4 is 4.90 Å². The van der Waals surface area contributed by atoms with Crippen molar-refractivity contribution in [3.63, 3.8) is 0 Å². The smallest absolute Gasteiger partial charge is 0.185 e. The van der Waals surface area contributed by atoms with Crippen LogP contribution in [0, 0.1) is 0 Å². The molecule has 0 N–H and O–H groups in total. The van der Waals surface area contributed by atoms with Gasteiger partial charge in [0.25, 0.3) is 0 Å². The number of thiophene rings is 1. The van der Waals surface area contributed by atoms with E-state index in [2.05, 4.69) is 41.4 Å². The lowest BCUT2D eigenvalue weighted by Gasteiger charge is -2.23. The fraction of sp³-hybridized carbons (Fsp3) is 0.364. The van der Waals surface area contributed by atoms with Gasteiger partial charge in [-0.05, 0) is 18.4 Å². The molecular weight excluding hydrogens is 260 g/mol. The van der Waals surface area contributed by atoms with E-state index in [1.54, 1.807) is 22.7 Å². The Bertz CT molecular complexity index is 439. The van der Waals surface area contributed by atoms with Crippen LogP contribution in [-0.2, 0) is 5.88 Å². The first-order chi connectivity index (χ1) is 7.72. The number of nitrogens with zero attached hydrogens (tertiary/aromatic N) is 2. The highest BCUT2D eigenvalue weighted by Crippen LogP contribution is 2.30. The van der Waals surface area contributed by atoms with Crippen LogP contribution >= 0.6 is 34.3 Å². The minimum atomic E-state index is 0.356. The van der Waals surface area contributed by atoms with E-state index < -0.39 is 0 Å². The summed E-state index contributed by atoms with van der Waals surface area (Å²) < 4.78 is 0. The molecule has 2 nitrogen and oxygen atoms in total. The van der Waals surface area contributed by atoms with Gasteiger partial charge >= 0.3 is 0 Å². The van der Waals surface area contributed by atoms with Gasteiger partial charge in [0.2, 0.25) is 0 Å². The van der Waals surface area contributed by atoms with Crippen LogP contribution in [0.2, 0.25) is 0 Å². The zero-order valence-electron chi connectivity index (χ0n) is 9.18. The lowest BCUT2D eigenvalue weighted by Crippen LogP contribution is -2.20. The molecule has 0 aromatic carbocycles. The number of thiazole rings is 1. The maximum atomic E-state index is 5.75. The van der Waals surface area contributed by atoms with Crippen LogP contribution in [0.1, 0.15) is 23.5 Å². The summed E-state index contributed by atoms with van der Waals surface area (Å²) in [6.07, 6.45) is 0. The molecule has 2 heterocycles. The highest BCUT2D eigenvalue weighted by Gasteiger charge is 2.15. The molecule has 86 valence electrons. The molecular formula is C11H13ClN2S2. The Hall–Kier alpha value is -0.580. The Kier molecular flexibility index (Phi) is 3.84. The molecule has 0 aliphatic carbocycles. The Balaban J connectivity index is 2.15. The number of halogens is 1. The van der Waals surface area contributed by atoms with Gasteiger partial charge in [-0.25, -0.2) is 4.98 Å². The zero-order chi connectivity index (χ0) is 11.5. The van der Waals surface area contributed by atoms with Gasteiger partial charge < -0.3 is 4.90 Å². The van der Waals surface area contributed by atoms with E-state index in [0.29, 0.717) is 11.9 Å². The van der Waals surface area contributed by atoms with Crippen LogP contribution in [0.4, 0.5) is 5.13 Å². The molecule has 0 fully saturated rings. The third-order valence-corrected chi connectivity index (χ3v) is 4.81. The third kappa shape index (κ3) is 2.39. The molecule has 0 bridgehead atoms. The average molecular weight is 273 g/mol. The monoisotopic (exact) mass is 272 g/mol.